The number of likely N-dealkylation sites (tertiary alicyclic amines) is 1. The minimum Gasteiger partial charge on any atom is -0.344 e. The number of nitrogens with one attached hydrogen (secondary N) is 1. The van der Waals surface area contributed by atoms with Crippen LogP contribution in [0.2, 0.25) is 0 Å². The van der Waals surface area contributed by atoms with Crippen LogP contribution in [0.15, 0.2) is 29.2 Å². The van der Waals surface area contributed by atoms with Gasteiger partial charge in [-0.05, 0) is 111 Å². The van der Waals surface area contributed by atoms with Crippen molar-refractivity contribution in [1.29, 1.82) is 0 Å². The minimum absolute atomic E-state index is 0.0487. The van der Waals surface area contributed by atoms with Gasteiger partial charge in [0, 0.05) is 43.9 Å². The van der Waals surface area contributed by atoms with Crippen molar-refractivity contribution >= 4 is 23.2 Å². The molecule has 4 aliphatic carbocycles. The molecular formula is C32H47N3O2S. The average molecular weight is 538 g/mol. The largest absolute Gasteiger partial charge is 0.344 e. The number of likely N-dealkylation sites (N-methyl/N-ethyl adjacent to an activating group) is 1. The van der Waals surface area contributed by atoms with Crippen molar-refractivity contribution in [3.05, 3.63) is 34.0 Å². The first-order valence-electron chi connectivity index (χ1n) is 15.1. The lowest BCUT2D eigenvalue weighted by Gasteiger charge is -2.58. The average Bonchev–Trinajstić information content (AvgIpc) is 3.58. The molecular weight excluding hydrogens is 490 g/mol. The Morgan fingerprint density at radius 1 is 1.18 bits per heavy atom. The Labute approximate surface area is 233 Å². The summed E-state index contributed by atoms with van der Waals surface area (Å²) < 4.78 is 0. The van der Waals surface area contributed by atoms with Crippen LogP contribution >= 0.6 is 11.3 Å². The first kappa shape index (κ1) is 26.6. The van der Waals surface area contributed by atoms with Gasteiger partial charge in [0.2, 0.25) is 11.8 Å². The molecule has 6 rings (SSSR count). The number of carbonyl (C=O) groups is 2. The maximum atomic E-state index is 13.6. The smallest absolute Gasteiger partial charge is 0.245 e. The number of rotatable bonds is 5. The molecule has 1 aromatic heterocycles. The normalized spacial score (nSPS) is 40.8. The molecule has 9 atom stereocenters. The third-order valence-electron chi connectivity index (χ3n) is 12.2. The lowest BCUT2D eigenvalue weighted by Crippen LogP contribution is -2.55. The minimum atomic E-state index is -0.494. The van der Waals surface area contributed by atoms with Crippen LogP contribution in [-0.4, -0.2) is 60.4 Å². The standard InChI is InChI=1S/C32H47N3O2S/c1-20-26-10-11-28-25-9-8-22-17-23(12-14-31(22,3)27(25)13-15-32(26,28)19-34(20)4)35(5)30(37)29(33-21(2)36)18-24-7-6-16-38-24/h6-8,16,20,23,25-29H,9-15,17-19H2,1-5H3,(H,33,36)/t20-,23-,25+,26+,27?,28-,29+,31-,32-/m0/s1. The van der Waals surface area contributed by atoms with Gasteiger partial charge in [-0.2, -0.15) is 0 Å². The van der Waals surface area contributed by atoms with E-state index in [9.17, 15) is 9.59 Å². The number of carbonyl (C=O) groups excluding carboxylic acids is 2. The molecule has 4 fully saturated rings. The van der Waals surface area contributed by atoms with Crippen LogP contribution in [0.25, 0.3) is 0 Å². The van der Waals surface area contributed by atoms with Gasteiger partial charge >= 0.3 is 0 Å². The molecule has 0 radical (unpaired) electrons. The predicted molar refractivity (Wildman–Crippen MR) is 154 cm³/mol. The first-order valence-corrected chi connectivity index (χ1v) is 16.0. The predicted octanol–water partition coefficient (Wildman–Crippen LogP) is 5.52. The second kappa shape index (κ2) is 9.76. The monoisotopic (exact) mass is 537 g/mol. The van der Waals surface area contributed by atoms with Gasteiger partial charge in [-0.25, -0.2) is 0 Å². The SMILES string of the molecule is CC(=O)N[C@H](Cc1cccs1)C(=O)N(C)[C@H]1CC[C@@]2(C)C(=CC[C@@H]3C2CC[C@]24CN(C)[C@@H](C)[C@H]2CC[C@@H]34)C1. The van der Waals surface area contributed by atoms with E-state index < -0.39 is 6.04 Å². The lowest BCUT2D eigenvalue weighted by atomic mass is 9.47. The van der Waals surface area contributed by atoms with Crippen molar-refractivity contribution in [2.24, 2.45) is 34.5 Å². The van der Waals surface area contributed by atoms with Gasteiger partial charge in [0.05, 0.1) is 0 Å². The van der Waals surface area contributed by atoms with Crippen molar-refractivity contribution < 1.29 is 9.59 Å². The maximum Gasteiger partial charge on any atom is 0.245 e. The molecule has 6 heteroatoms. The van der Waals surface area contributed by atoms with Gasteiger partial charge < -0.3 is 15.1 Å². The highest BCUT2D eigenvalue weighted by Gasteiger charge is 2.64. The van der Waals surface area contributed by atoms with Gasteiger partial charge in [0.25, 0.3) is 0 Å². The zero-order chi connectivity index (χ0) is 26.8. The van der Waals surface area contributed by atoms with E-state index in [4.69, 9.17) is 0 Å². The molecule has 1 aromatic rings. The third kappa shape index (κ3) is 4.11. The fourth-order valence-electron chi connectivity index (χ4n) is 10.3. The van der Waals surface area contributed by atoms with Crippen LogP contribution in [0.4, 0.5) is 0 Å². The molecule has 1 spiro atoms. The summed E-state index contributed by atoms with van der Waals surface area (Å²) in [5, 5.41) is 4.97. The number of thiophene rings is 1. The number of fused-ring (bicyclic) bond motifs is 4. The fraction of sp³-hybridized carbons (Fsp3) is 0.750. The van der Waals surface area contributed by atoms with Crippen LogP contribution in [0.3, 0.4) is 0 Å². The Balaban J connectivity index is 1.18. The summed E-state index contributed by atoms with van der Waals surface area (Å²) in [4.78, 5) is 31.4. The van der Waals surface area contributed by atoms with Crippen LogP contribution in [0.1, 0.15) is 77.0 Å². The quantitative estimate of drug-likeness (QED) is 0.504. The summed E-state index contributed by atoms with van der Waals surface area (Å²) in [5.74, 6) is 3.34. The van der Waals surface area contributed by atoms with Crippen LogP contribution in [0.5, 0.6) is 0 Å². The lowest BCUT2D eigenvalue weighted by molar-refractivity contribution is -0.137. The highest BCUT2D eigenvalue weighted by molar-refractivity contribution is 7.09. The molecule has 2 heterocycles. The van der Waals surface area contributed by atoms with E-state index in [1.165, 1.54) is 52.0 Å². The van der Waals surface area contributed by atoms with Crippen LogP contribution < -0.4 is 5.32 Å². The summed E-state index contributed by atoms with van der Waals surface area (Å²) in [7, 11) is 4.32. The van der Waals surface area contributed by atoms with Crippen molar-refractivity contribution in [2.45, 2.75) is 96.7 Å². The van der Waals surface area contributed by atoms with Gasteiger partial charge in [0.1, 0.15) is 6.04 Å². The van der Waals surface area contributed by atoms with E-state index >= 15 is 0 Å². The molecule has 1 unspecified atom stereocenters. The molecule has 1 aliphatic heterocycles. The number of allylic oxidation sites excluding steroid dienone is 1. The molecule has 3 saturated carbocycles. The molecule has 0 aromatic carbocycles. The highest BCUT2D eigenvalue weighted by Crippen LogP contribution is 2.68. The van der Waals surface area contributed by atoms with Crippen molar-refractivity contribution in [3.8, 4) is 0 Å². The number of amides is 2. The van der Waals surface area contributed by atoms with Crippen molar-refractivity contribution in [3.63, 3.8) is 0 Å². The molecule has 38 heavy (non-hydrogen) atoms. The van der Waals surface area contributed by atoms with Gasteiger partial charge in [-0.15, -0.1) is 11.3 Å². The van der Waals surface area contributed by atoms with Crippen LogP contribution in [-0.2, 0) is 16.0 Å². The fourth-order valence-corrected chi connectivity index (χ4v) is 11.0. The molecule has 1 N–H and O–H groups in total. The third-order valence-corrected chi connectivity index (χ3v) is 13.1. The summed E-state index contributed by atoms with van der Waals surface area (Å²) in [5.41, 5.74) is 2.47. The molecule has 5 nitrogen and oxygen atoms in total. The van der Waals surface area contributed by atoms with E-state index in [0.29, 0.717) is 11.8 Å². The maximum absolute atomic E-state index is 13.6. The number of hydrogen-bond acceptors (Lipinski definition) is 4. The topological polar surface area (TPSA) is 52.7 Å². The van der Waals surface area contributed by atoms with E-state index in [-0.39, 0.29) is 23.3 Å². The Morgan fingerprint density at radius 2 is 1.97 bits per heavy atom. The van der Waals surface area contributed by atoms with Gasteiger partial charge in [0.15, 0.2) is 0 Å². The van der Waals surface area contributed by atoms with E-state index in [1.54, 1.807) is 16.9 Å². The van der Waals surface area contributed by atoms with E-state index in [2.05, 4.69) is 37.2 Å². The Kier molecular flexibility index (Phi) is 6.82. The van der Waals surface area contributed by atoms with E-state index in [0.717, 1.165) is 47.4 Å². The number of hydrogen-bond donors (Lipinski definition) is 1. The second-order valence-electron chi connectivity index (χ2n) is 13.8. The van der Waals surface area contributed by atoms with E-state index in [1.807, 2.05) is 29.5 Å². The Hall–Kier alpha value is -1.66. The zero-order valence-electron chi connectivity index (χ0n) is 24.0. The summed E-state index contributed by atoms with van der Waals surface area (Å²) >= 11 is 1.65. The molecule has 208 valence electrons. The molecule has 0 bridgehead atoms. The summed E-state index contributed by atoms with van der Waals surface area (Å²) in [6.45, 7) is 7.87. The zero-order valence-corrected chi connectivity index (χ0v) is 24.9. The Morgan fingerprint density at radius 3 is 2.71 bits per heavy atom. The summed E-state index contributed by atoms with van der Waals surface area (Å²) in [6, 6.07) is 4.52. The highest BCUT2D eigenvalue weighted by atomic mass is 32.1. The summed E-state index contributed by atoms with van der Waals surface area (Å²) in [6.07, 6.45) is 13.3. The van der Waals surface area contributed by atoms with Crippen LogP contribution in [0, 0.1) is 34.5 Å². The number of nitrogens with zero attached hydrogens (tertiary/aromatic N) is 2. The second-order valence-corrected chi connectivity index (χ2v) is 14.8. The van der Waals surface area contributed by atoms with Crippen molar-refractivity contribution in [2.75, 3.05) is 20.6 Å². The van der Waals surface area contributed by atoms with Gasteiger partial charge in [-0.1, -0.05) is 24.6 Å². The van der Waals surface area contributed by atoms with Gasteiger partial charge in [-0.3, -0.25) is 9.59 Å². The molecule has 1 saturated heterocycles. The van der Waals surface area contributed by atoms with Crippen molar-refractivity contribution in [1.82, 2.24) is 15.1 Å². The first-order chi connectivity index (χ1) is 18.1. The molecule has 2 amide bonds. The Bertz CT molecular complexity index is 1100. The molecule has 5 aliphatic rings.